The van der Waals surface area contributed by atoms with Crippen LogP contribution in [0, 0.1) is 0 Å². The van der Waals surface area contributed by atoms with Crippen LogP contribution in [0.4, 0.5) is 0 Å². The van der Waals surface area contributed by atoms with Crippen LogP contribution in [0.2, 0.25) is 0 Å². The number of hydrogen-bond acceptors (Lipinski definition) is 5. The third-order valence-corrected chi connectivity index (χ3v) is 2.14. The van der Waals surface area contributed by atoms with E-state index in [1.165, 1.54) is 0 Å². The molecule has 0 aromatic rings. The van der Waals surface area contributed by atoms with Crippen LogP contribution in [0.3, 0.4) is 0 Å². The van der Waals surface area contributed by atoms with Crippen molar-refractivity contribution in [3.8, 4) is 0 Å². The Morgan fingerprint density at radius 3 is 2.40 bits per heavy atom. The van der Waals surface area contributed by atoms with E-state index in [0.717, 1.165) is 6.08 Å². The topological polar surface area (TPSA) is 69.7 Å². The number of hydrogen-bond donors (Lipinski definition) is 0. The molecule has 81 valence electrons. The van der Waals surface area contributed by atoms with Gasteiger partial charge in [0.2, 0.25) is 0 Å². The van der Waals surface area contributed by atoms with Crippen LogP contribution in [0.5, 0.6) is 0 Å². The van der Waals surface area contributed by atoms with Crippen molar-refractivity contribution in [1.82, 2.24) is 0 Å². The fourth-order valence-corrected chi connectivity index (χ4v) is 1.29. The van der Waals surface area contributed by atoms with E-state index in [2.05, 4.69) is 22.4 Å². The molecule has 0 aliphatic carbocycles. The van der Waals surface area contributed by atoms with Gasteiger partial charge in [0.15, 0.2) is 0 Å². The molecule has 0 spiro atoms. The van der Waals surface area contributed by atoms with Crippen molar-refractivity contribution in [2.75, 3.05) is 5.75 Å². The summed E-state index contributed by atoms with van der Waals surface area (Å²) in [5.41, 5.74) is 0.701. The monoisotopic (exact) mass is 243 g/mol. The molecule has 5 nitrogen and oxygen atoms in total. The summed E-state index contributed by atoms with van der Waals surface area (Å²) in [6, 6.07) is 0. The number of rotatable bonds is 6. The van der Waals surface area contributed by atoms with E-state index in [1.54, 1.807) is 6.92 Å². The predicted octanol–water partition coefficient (Wildman–Crippen LogP) is 0.562. The van der Waals surface area contributed by atoms with E-state index < -0.39 is 16.1 Å². The van der Waals surface area contributed by atoms with Crippen molar-refractivity contribution in [1.29, 1.82) is 0 Å². The molecule has 0 aromatic carbocycles. The van der Waals surface area contributed by atoms with E-state index in [4.69, 9.17) is 0 Å². The number of allylic oxidation sites excluding steroid dienone is 1. The Balaban J connectivity index is 0. The molecule has 0 heterocycles. The summed E-state index contributed by atoms with van der Waals surface area (Å²) >= 11 is 0. The van der Waals surface area contributed by atoms with E-state index in [1.807, 2.05) is 0 Å². The van der Waals surface area contributed by atoms with Crippen molar-refractivity contribution >= 4 is 45.6 Å². The number of carbonyl (C=O) groups excluding carboxylic acids is 1. The minimum Gasteiger partial charge on any atom is -0.277 e. The average Bonchev–Trinajstić information content (AvgIpc) is 2.11. The largest absolute Gasteiger partial charge is 0.366 e. The van der Waals surface area contributed by atoms with Crippen LogP contribution in [-0.2, 0) is 24.1 Å². The Kier molecular flexibility index (Phi) is 9.28. The summed E-state index contributed by atoms with van der Waals surface area (Å²) in [6.45, 7) is 8.28. The van der Waals surface area contributed by atoms with Crippen molar-refractivity contribution in [2.24, 2.45) is 0 Å². The summed E-state index contributed by atoms with van der Waals surface area (Å²) in [4.78, 5) is 14.4. The molecule has 0 aliphatic heterocycles. The number of carbonyl (C=O) groups is 1. The van der Waals surface area contributed by atoms with Crippen molar-refractivity contribution in [3.05, 3.63) is 24.8 Å². The smallest absolute Gasteiger partial charge is 0.277 e. The molecule has 1 radical (unpaired) electrons. The van der Waals surface area contributed by atoms with Crippen LogP contribution in [-0.4, -0.2) is 49.7 Å². The molecule has 0 fully saturated rings. The maximum Gasteiger partial charge on any atom is 0.366 e. The van der Waals surface area contributed by atoms with Gasteiger partial charge in [-0.15, -0.1) is 6.58 Å². The van der Waals surface area contributed by atoms with Gasteiger partial charge in [-0.3, -0.25) is 4.89 Å². The summed E-state index contributed by atoms with van der Waals surface area (Å²) in [6.07, 6.45) is 1.06. The van der Waals surface area contributed by atoms with Crippen molar-refractivity contribution in [2.45, 2.75) is 13.3 Å². The summed E-state index contributed by atoms with van der Waals surface area (Å²) in [5.74, 6) is -1.23. The van der Waals surface area contributed by atoms with Gasteiger partial charge >= 0.3 is 16.1 Å². The molecule has 0 N–H and O–H groups in total. The molecular weight excluding hydrogens is 231 g/mol. The van der Waals surface area contributed by atoms with Crippen molar-refractivity contribution in [3.63, 3.8) is 0 Å². The normalized spacial score (nSPS) is 9.93. The van der Waals surface area contributed by atoms with Gasteiger partial charge in [-0.05, 0) is 13.3 Å². The van der Waals surface area contributed by atoms with Crippen molar-refractivity contribution < 1.29 is 22.4 Å². The molecule has 0 atom stereocenters. The van der Waals surface area contributed by atoms with Gasteiger partial charge in [0.25, 0.3) is 0 Å². The zero-order valence-electron chi connectivity index (χ0n) is 8.86. The molecule has 0 saturated heterocycles. The zero-order valence-corrected chi connectivity index (χ0v) is 11.7. The SMILES string of the molecule is C=CC(=O)OOS(=O)(=O)CCC(=C)C.[Na]. The maximum atomic E-state index is 11.0. The zero-order chi connectivity index (χ0) is 11.2. The maximum absolute atomic E-state index is 11.0. The fraction of sp³-hybridized carbons (Fsp3) is 0.375. The standard InChI is InChI=1S/C8H12O5S.Na/c1-4-8(9)12-13-14(10,11)6-5-7(2)3;/h4H,1-2,5-6H2,3H3;. The third-order valence-electron chi connectivity index (χ3n) is 1.17. The van der Waals surface area contributed by atoms with E-state index in [9.17, 15) is 13.2 Å². The molecule has 0 aliphatic rings. The molecule has 0 aromatic heterocycles. The van der Waals surface area contributed by atoms with Crippen LogP contribution in [0.15, 0.2) is 24.8 Å². The summed E-state index contributed by atoms with van der Waals surface area (Å²) in [7, 11) is -3.83. The first-order valence-corrected chi connectivity index (χ1v) is 5.34. The molecule has 0 saturated carbocycles. The second-order valence-electron chi connectivity index (χ2n) is 2.64. The minimum atomic E-state index is -3.83. The Labute approximate surface area is 111 Å². The minimum absolute atomic E-state index is 0. The van der Waals surface area contributed by atoms with Gasteiger partial charge in [-0.1, -0.05) is 16.5 Å². The van der Waals surface area contributed by atoms with Crippen LogP contribution in [0.25, 0.3) is 0 Å². The molecule has 0 rings (SSSR count). The summed E-state index contributed by atoms with van der Waals surface area (Å²) in [5, 5.41) is 0. The van der Waals surface area contributed by atoms with E-state index in [0.29, 0.717) is 5.57 Å². The molecule has 0 unspecified atom stereocenters. The Morgan fingerprint density at radius 2 is 2.00 bits per heavy atom. The first-order chi connectivity index (χ1) is 6.37. The molecule has 15 heavy (non-hydrogen) atoms. The van der Waals surface area contributed by atoms with Gasteiger partial charge < -0.3 is 0 Å². The van der Waals surface area contributed by atoms with Crippen LogP contribution in [0.1, 0.15) is 13.3 Å². The molecule has 0 amide bonds. The first-order valence-electron chi connectivity index (χ1n) is 3.77. The quantitative estimate of drug-likeness (QED) is 0.224. The Bertz CT molecular complexity index is 333. The molecule has 0 bridgehead atoms. The van der Waals surface area contributed by atoms with Crippen LogP contribution >= 0.6 is 0 Å². The predicted molar refractivity (Wildman–Crippen MR) is 56.3 cm³/mol. The summed E-state index contributed by atoms with van der Waals surface area (Å²) < 4.78 is 25.9. The van der Waals surface area contributed by atoms with Gasteiger partial charge in [0.1, 0.15) is 0 Å². The Hall–Kier alpha value is -0.140. The molecular formula is C8H12NaO5S. The molecule has 7 heteroatoms. The van der Waals surface area contributed by atoms with Gasteiger partial charge in [0, 0.05) is 35.6 Å². The van der Waals surface area contributed by atoms with E-state index >= 15 is 0 Å². The second kappa shape index (κ2) is 8.06. The van der Waals surface area contributed by atoms with E-state index in [-0.39, 0.29) is 41.7 Å². The Morgan fingerprint density at radius 1 is 1.47 bits per heavy atom. The van der Waals surface area contributed by atoms with Crippen LogP contribution < -0.4 is 0 Å². The van der Waals surface area contributed by atoms with Gasteiger partial charge in [-0.25, -0.2) is 4.79 Å². The van der Waals surface area contributed by atoms with Gasteiger partial charge in [-0.2, -0.15) is 8.42 Å². The fourth-order valence-electron chi connectivity index (χ4n) is 0.453. The average molecular weight is 243 g/mol. The second-order valence-corrected chi connectivity index (χ2v) is 4.30. The first kappa shape index (κ1) is 17.3. The third kappa shape index (κ3) is 10.1. The van der Waals surface area contributed by atoms with Gasteiger partial charge in [0.05, 0.1) is 5.75 Å².